The highest BCUT2D eigenvalue weighted by Gasteiger charge is 2.33. The van der Waals surface area contributed by atoms with Crippen molar-refractivity contribution in [1.29, 1.82) is 0 Å². The Morgan fingerprint density at radius 2 is 1.77 bits per heavy atom. The fourth-order valence-electron chi connectivity index (χ4n) is 4.17. The van der Waals surface area contributed by atoms with Crippen molar-refractivity contribution in [1.82, 2.24) is 4.57 Å². The van der Waals surface area contributed by atoms with E-state index in [1.54, 1.807) is 37.3 Å². The third-order valence-corrected chi connectivity index (χ3v) is 7.07. The highest BCUT2D eigenvalue weighted by molar-refractivity contribution is 7.07. The van der Waals surface area contributed by atoms with Gasteiger partial charge in [0.15, 0.2) is 4.80 Å². The first-order chi connectivity index (χ1) is 18.7. The third-order valence-electron chi connectivity index (χ3n) is 6.09. The van der Waals surface area contributed by atoms with E-state index in [2.05, 4.69) is 4.99 Å². The Morgan fingerprint density at radius 3 is 2.38 bits per heavy atom. The summed E-state index contributed by atoms with van der Waals surface area (Å²) >= 11 is 1.26. The second-order valence-corrected chi connectivity index (χ2v) is 10.6. The van der Waals surface area contributed by atoms with E-state index in [4.69, 9.17) is 14.2 Å². The lowest BCUT2D eigenvalue weighted by molar-refractivity contribution is -0.140. The summed E-state index contributed by atoms with van der Waals surface area (Å²) in [7, 11) is 1.31. The molecule has 0 saturated heterocycles. The van der Waals surface area contributed by atoms with Gasteiger partial charge in [0.25, 0.3) is 5.56 Å². The van der Waals surface area contributed by atoms with Crippen LogP contribution in [0, 0.1) is 5.92 Å². The SMILES string of the molecule is CCCOc1ccc(C=c2sc3n(c2=O)C(c2ccc(C(=O)OC)cc2)C(C(=O)OCC(C)C)=C(C)N=3)cc1. The number of esters is 2. The summed E-state index contributed by atoms with van der Waals surface area (Å²) in [6.07, 6.45) is 2.73. The Labute approximate surface area is 230 Å². The lowest BCUT2D eigenvalue weighted by Crippen LogP contribution is -2.40. The van der Waals surface area contributed by atoms with Gasteiger partial charge in [-0.2, -0.15) is 0 Å². The van der Waals surface area contributed by atoms with Gasteiger partial charge in [-0.25, -0.2) is 14.6 Å². The molecule has 9 heteroatoms. The molecule has 0 saturated carbocycles. The number of methoxy groups -OCH3 is 1. The molecule has 0 N–H and O–H groups in total. The molecule has 1 atom stereocenters. The van der Waals surface area contributed by atoms with E-state index >= 15 is 0 Å². The lowest BCUT2D eigenvalue weighted by atomic mass is 9.95. The van der Waals surface area contributed by atoms with Crippen LogP contribution < -0.4 is 19.6 Å². The summed E-state index contributed by atoms with van der Waals surface area (Å²) in [4.78, 5) is 44.2. The predicted octanol–water partition coefficient (Wildman–Crippen LogP) is 4.01. The molecular formula is C30H32N2O6S. The molecule has 0 spiro atoms. The van der Waals surface area contributed by atoms with Crippen LogP contribution in [0.1, 0.15) is 61.6 Å². The maximum absolute atomic E-state index is 13.8. The van der Waals surface area contributed by atoms with Crippen LogP contribution in [0.25, 0.3) is 6.08 Å². The number of hydrogen-bond donors (Lipinski definition) is 0. The van der Waals surface area contributed by atoms with Crippen molar-refractivity contribution in [3.05, 3.63) is 96.2 Å². The highest BCUT2D eigenvalue weighted by atomic mass is 32.1. The smallest absolute Gasteiger partial charge is 0.338 e. The van der Waals surface area contributed by atoms with E-state index < -0.39 is 18.0 Å². The van der Waals surface area contributed by atoms with Crippen LogP contribution in [-0.4, -0.2) is 36.8 Å². The fraction of sp³-hybridized carbons (Fsp3) is 0.333. The molecule has 0 aliphatic carbocycles. The van der Waals surface area contributed by atoms with Crippen molar-refractivity contribution in [3.8, 4) is 5.75 Å². The van der Waals surface area contributed by atoms with E-state index in [0.29, 0.717) is 32.8 Å². The number of allylic oxidation sites excluding steroid dienone is 1. The van der Waals surface area contributed by atoms with Crippen molar-refractivity contribution in [3.63, 3.8) is 0 Å². The largest absolute Gasteiger partial charge is 0.494 e. The van der Waals surface area contributed by atoms with Gasteiger partial charge in [-0.3, -0.25) is 9.36 Å². The number of aromatic nitrogens is 1. The first-order valence-corrected chi connectivity index (χ1v) is 13.7. The summed E-state index contributed by atoms with van der Waals surface area (Å²) < 4.78 is 18.1. The third kappa shape index (κ3) is 6.20. The summed E-state index contributed by atoms with van der Waals surface area (Å²) in [6, 6.07) is 13.4. The van der Waals surface area contributed by atoms with E-state index in [1.807, 2.05) is 45.0 Å². The molecule has 0 bridgehead atoms. The molecule has 0 radical (unpaired) electrons. The van der Waals surface area contributed by atoms with Gasteiger partial charge in [0.05, 0.1) is 47.7 Å². The number of rotatable bonds is 9. The molecule has 0 fully saturated rings. The van der Waals surface area contributed by atoms with Crippen LogP contribution in [-0.2, 0) is 14.3 Å². The first kappa shape index (κ1) is 28.0. The number of nitrogens with zero attached hydrogens (tertiary/aromatic N) is 2. The van der Waals surface area contributed by atoms with Gasteiger partial charge in [-0.1, -0.05) is 56.4 Å². The van der Waals surface area contributed by atoms with E-state index in [9.17, 15) is 14.4 Å². The standard InChI is InChI=1S/C30H32N2O6S/c1-6-15-37-23-13-7-20(8-14-23)16-24-27(33)32-26(21-9-11-22(12-10-21)28(34)36-5)25(19(4)31-30(32)39-24)29(35)38-17-18(2)3/h7-14,16,18,26H,6,15,17H2,1-5H3. The Balaban J connectivity index is 1.81. The molecule has 2 heterocycles. The molecule has 8 nitrogen and oxygen atoms in total. The molecule has 204 valence electrons. The van der Waals surface area contributed by atoms with Crippen molar-refractivity contribution < 1.29 is 23.8 Å². The minimum atomic E-state index is -0.764. The summed E-state index contributed by atoms with van der Waals surface area (Å²) in [5.41, 5.74) is 2.36. The number of hydrogen-bond acceptors (Lipinski definition) is 8. The number of fused-ring (bicyclic) bond motifs is 1. The lowest BCUT2D eigenvalue weighted by Gasteiger charge is -2.25. The summed E-state index contributed by atoms with van der Waals surface area (Å²) in [5.74, 6) is -0.0811. The predicted molar refractivity (Wildman–Crippen MR) is 150 cm³/mol. The Kier molecular flexibility index (Phi) is 8.81. The molecule has 1 unspecified atom stereocenters. The average molecular weight is 549 g/mol. The van der Waals surface area contributed by atoms with Gasteiger partial charge in [-0.05, 0) is 60.7 Å². The highest BCUT2D eigenvalue weighted by Crippen LogP contribution is 2.31. The van der Waals surface area contributed by atoms with Gasteiger partial charge in [0.1, 0.15) is 5.75 Å². The van der Waals surface area contributed by atoms with Gasteiger partial charge in [0, 0.05) is 0 Å². The average Bonchev–Trinajstić information content (AvgIpc) is 3.24. The normalized spacial score (nSPS) is 15.1. The summed E-state index contributed by atoms with van der Waals surface area (Å²) in [6.45, 7) is 8.58. The number of ether oxygens (including phenoxy) is 3. The topological polar surface area (TPSA) is 96.2 Å². The Bertz CT molecular complexity index is 1560. The molecular weight excluding hydrogens is 516 g/mol. The maximum Gasteiger partial charge on any atom is 0.338 e. The van der Waals surface area contributed by atoms with Gasteiger partial charge < -0.3 is 14.2 Å². The molecule has 3 aromatic rings. The number of carbonyl (C=O) groups excluding carboxylic acids is 2. The van der Waals surface area contributed by atoms with Crippen LogP contribution in [0.3, 0.4) is 0 Å². The van der Waals surface area contributed by atoms with Crippen molar-refractivity contribution in [2.24, 2.45) is 10.9 Å². The minimum Gasteiger partial charge on any atom is -0.494 e. The Hall–Kier alpha value is -3.98. The van der Waals surface area contributed by atoms with Crippen LogP contribution in [0.15, 0.2) is 69.6 Å². The zero-order chi connectivity index (χ0) is 28.1. The van der Waals surface area contributed by atoms with Crippen LogP contribution >= 0.6 is 11.3 Å². The van der Waals surface area contributed by atoms with Crippen molar-refractivity contribution in [2.75, 3.05) is 20.3 Å². The molecule has 1 aliphatic heterocycles. The van der Waals surface area contributed by atoms with E-state index in [0.717, 1.165) is 17.7 Å². The first-order valence-electron chi connectivity index (χ1n) is 12.8. The molecule has 1 aliphatic rings. The zero-order valence-electron chi connectivity index (χ0n) is 22.7. The van der Waals surface area contributed by atoms with Crippen molar-refractivity contribution >= 4 is 29.4 Å². The second kappa shape index (κ2) is 12.3. The minimum absolute atomic E-state index is 0.146. The number of benzene rings is 2. The van der Waals surface area contributed by atoms with Crippen LogP contribution in [0.2, 0.25) is 0 Å². The van der Waals surface area contributed by atoms with E-state index in [1.165, 1.54) is 23.0 Å². The van der Waals surface area contributed by atoms with Crippen LogP contribution in [0.4, 0.5) is 0 Å². The fourth-order valence-corrected chi connectivity index (χ4v) is 5.22. The van der Waals surface area contributed by atoms with Crippen molar-refractivity contribution in [2.45, 2.75) is 40.2 Å². The van der Waals surface area contributed by atoms with Gasteiger partial charge >= 0.3 is 11.9 Å². The monoisotopic (exact) mass is 548 g/mol. The molecule has 4 rings (SSSR count). The zero-order valence-corrected chi connectivity index (χ0v) is 23.5. The maximum atomic E-state index is 13.8. The molecule has 0 amide bonds. The van der Waals surface area contributed by atoms with Gasteiger partial charge in [0.2, 0.25) is 0 Å². The number of thiazole rings is 1. The summed E-state index contributed by atoms with van der Waals surface area (Å²) in [5, 5.41) is 0. The quantitative estimate of drug-likeness (QED) is 0.375. The molecule has 1 aromatic heterocycles. The van der Waals surface area contributed by atoms with E-state index in [-0.39, 0.29) is 23.7 Å². The van der Waals surface area contributed by atoms with Crippen LogP contribution in [0.5, 0.6) is 5.75 Å². The second-order valence-electron chi connectivity index (χ2n) is 9.61. The molecule has 2 aromatic carbocycles. The molecule has 39 heavy (non-hydrogen) atoms. The Morgan fingerprint density at radius 1 is 1.08 bits per heavy atom. The van der Waals surface area contributed by atoms with Gasteiger partial charge in [-0.15, -0.1) is 0 Å². The number of carbonyl (C=O) groups is 2.